The van der Waals surface area contributed by atoms with Crippen molar-refractivity contribution in [1.82, 2.24) is 19.9 Å². The van der Waals surface area contributed by atoms with Crippen LogP contribution in [-0.4, -0.2) is 40.0 Å². The number of hydrogen-bond acceptors (Lipinski definition) is 5. The Morgan fingerprint density at radius 2 is 2.00 bits per heavy atom. The van der Waals surface area contributed by atoms with Crippen molar-refractivity contribution in [3.63, 3.8) is 0 Å². The van der Waals surface area contributed by atoms with Crippen molar-refractivity contribution in [1.29, 1.82) is 0 Å². The minimum atomic E-state index is 0.353. The van der Waals surface area contributed by atoms with Gasteiger partial charge in [0, 0.05) is 60.8 Å². The van der Waals surface area contributed by atoms with Gasteiger partial charge in [-0.1, -0.05) is 29.8 Å². The SMILES string of the molecule is CNc1ncccc1CN1CCC[C@@H](c2nccnc2-c2cccc(Cl)c2)C1. The van der Waals surface area contributed by atoms with E-state index in [9.17, 15) is 0 Å². The predicted molar refractivity (Wildman–Crippen MR) is 114 cm³/mol. The summed E-state index contributed by atoms with van der Waals surface area (Å²) in [6, 6.07) is 12.0. The number of rotatable bonds is 5. The van der Waals surface area contributed by atoms with E-state index in [1.165, 1.54) is 5.56 Å². The highest BCUT2D eigenvalue weighted by Crippen LogP contribution is 2.33. The highest BCUT2D eigenvalue weighted by molar-refractivity contribution is 6.30. The van der Waals surface area contributed by atoms with Crippen molar-refractivity contribution in [2.24, 2.45) is 0 Å². The minimum absolute atomic E-state index is 0.353. The fraction of sp³-hybridized carbons (Fsp3) is 0.318. The average Bonchev–Trinajstić information content (AvgIpc) is 2.74. The predicted octanol–water partition coefficient (Wildman–Crippen LogP) is 4.61. The third-order valence-electron chi connectivity index (χ3n) is 5.24. The van der Waals surface area contributed by atoms with Gasteiger partial charge in [-0.3, -0.25) is 14.9 Å². The molecule has 5 nitrogen and oxygen atoms in total. The Hall–Kier alpha value is -2.50. The van der Waals surface area contributed by atoms with E-state index in [1.54, 1.807) is 12.4 Å². The number of aromatic nitrogens is 3. The van der Waals surface area contributed by atoms with E-state index in [2.05, 4.69) is 32.3 Å². The molecule has 1 aliphatic rings. The number of nitrogens with zero attached hydrogens (tertiary/aromatic N) is 4. The molecule has 0 aliphatic carbocycles. The Bertz CT molecular complexity index is 945. The van der Waals surface area contributed by atoms with Crippen LogP contribution in [0.4, 0.5) is 5.82 Å². The van der Waals surface area contributed by atoms with Crippen LogP contribution in [0.2, 0.25) is 5.02 Å². The zero-order chi connectivity index (χ0) is 19.3. The maximum Gasteiger partial charge on any atom is 0.130 e. The summed E-state index contributed by atoms with van der Waals surface area (Å²) in [4.78, 5) is 16.3. The second kappa shape index (κ2) is 8.67. The van der Waals surface area contributed by atoms with E-state index in [-0.39, 0.29) is 0 Å². The van der Waals surface area contributed by atoms with Crippen LogP contribution in [0.25, 0.3) is 11.3 Å². The van der Waals surface area contributed by atoms with Crippen molar-refractivity contribution in [3.05, 3.63) is 71.3 Å². The van der Waals surface area contributed by atoms with E-state index in [0.29, 0.717) is 5.92 Å². The lowest BCUT2D eigenvalue weighted by atomic mass is 9.91. The third kappa shape index (κ3) is 4.16. The second-order valence-electron chi connectivity index (χ2n) is 7.14. The van der Waals surface area contributed by atoms with Gasteiger partial charge in [0.05, 0.1) is 11.4 Å². The lowest BCUT2D eigenvalue weighted by Gasteiger charge is -2.33. The van der Waals surface area contributed by atoms with E-state index < -0.39 is 0 Å². The van der Waals surface area contributed by atoms with Gasteiger partial charge in [0.15, 0.2) is 0 Å². The Balaban J connectivity index is 1.57. The summed E-state index contributed by atoms with van der Waals surface area (Å²) in [6.07, 6.45) is 7.64. The number of benzene rings is 1. The summed E-state index contributed by atoms with van der Waals surface area (Å²) in [5, 5.41) is 3.91. The van der Waals surface area contributed by atoms with Crippen LogP contribution in [0.5, 0.6) is 0 Å². The number of likely N-dealkylation sites (tertiary alicyclic amines) is 1. The van der Waals surface area contributed by atoms with E-state index >= 15 is 0 Å². The first-order valence-electron chi connectivity index (χ1n) is 9.65. The molecule has 0 saturated carbocycles. The number of anilines is 1. The van der Waals surface area contributed by atoms with E-state index in [4.69, 9.17) is 16.6 Å². The summed E-state index contributed by atoms with van der Waals surface area (Å²) >= 11 is 6.21. The zero-order valence-corrected chi connectivity index (χ0v) is 16.7. The monoisotopic (exact) mass is 393 g/mol. The largest absolute Gasteiger partial charge is 0.373 e. The number of piperidine rings is 1. The van der Waals surface area contributed by atoms with Gasteiger partial charge in [-0.15, -0.1) is 0 Å². The van der Waals surface area contributed by atoms with Crippen LogP contribution in [-0.2, 0) is 6.54 Å². The molecule has 3 aromatic rings. The van der Waals surface area contributed by atoms with Gasteiger partial charge in [-0.25, -0.2) is 4.98 Å². The van der Waals surface area contributed by atoms with E-state index in [0.717, 1.165) is 60.3 Å². The molecule has 6 heteroatoms. The molecule has 1 saturated heterocycles. The molecule has 1 atom stereocenters. The van der Waals surface area contributed by atoms with E-state index in [1.807, 2.05) is 37.5 Å². The molecule has 1 fully saturated rings. The second-order valence-corrected chi connectivity index (χ2v) is 7.57. The van der Waals surface area contributed by atoms with Crippen molar-refractivity contribution in [2.75, 3.05) is 25.5 Å². The minimum Gasteiger partial charge on any atom is -0.373 e. The molecule has 1 aromatic carbocycles. The third-order valence-corrected chi connectivity index (χ3v) is 5.47. The first kappa shape index (κ1) is 18.8. The Morgan fingerprint density at radius 3 is 2.86 bits per heavy atom. The van der Waals surface area contributed by atoms with Crippen molar-refractivity contribution >= 4 is 17.4 Å². The van der Waals surface area contributed by atoms with Crippen molar-refractivity contribution in [3.8, 4) is 11.3 Å². The molecule has 0 spiro atoms. The summed E-state index contributed by atoms with van der Waals surface area (Å²) in [6.45, 7) is 2.93. The van der Waals surface area contributed by atoms with Gasteiger partial charge in [-0.2, -0.15) is 0 Å². The normalized spacial score (nSPS) is 17.4. The fourth-order valence-corrected chi connectivity index (χ4v) is 4.15. The van der Waals surface area contributed by atoms with Gasteiger partial charge < -0.3 is 5.32 Å². The van der Waals surface area contributed by atoms with Crippen LogP contribution in [0.1, 0.15) is 30.0 Å². The topological polar surface area (TPSA) is 53.9 Å². The summed E-state index contributed by atoms with van der Waals surface area (Å²) in [5.41, 5.74) is 4.25. The molecule has 0 radical (unpaired) electrons. The van der Waals surface area contributed by atoms with Crippen LogP contribution >= 0.6 is 11.6 Å². The Morgan fingerprint density at radius 1 is 1.11 bits per heavy atom. The molecule has 0 amide bonds. The van der Waals surface area contributed by atoms with Crippen LogP contribution in [0.15, 0.2) is 55.0 Å². The molecule has 1 aliphatic heterocycles. The Kier molecular flexibility index (Phi) is 5.84. The molecule has 2 aromatic heterocycles. The lowest BCUT2D eigenvalue weighted by Crippen LogP contribution is -2.34. The molecule has 4 rings (SSSR count). The molecule has 0 unspecified atom stereocenters. The van der Waals surface area contributed by atoms with Gasteiger partial charge in [0.1, 0.15) is 5.82 Å². The molecule has 3 heterocycles. The maximum atomic E-state index is 6.21. The quantitative estimate of drug-likeness (QED) is 0.685. The maximum absolute atomic E-state index is 6.21. The summed E-state index contributed by atoms with van der Waals surface area (Å²) in [7, 11) is 1.92. The van der Waals surface area contributed by atoms with Gasteiger partial charge >= 0.3 is 0 Å². The first-order valence-corrected chi connectivity index (χ1v) is 10.0. The molecule has 0 bridgehead atoms. The first-order chi connectivity index (χ1) is 13.7. The summed E-state index contributed by atoms with van der Waals surface area (Å²) in [5.74, 6) is 1.30. The van der Waals surface area contributed by atoms with Crippen LogP contribution < -0.4 is 5.32 Å². The lowest BCUT2D eigenvalue weighted by molar-refractivity contribution is 0.198. The van der Waals surface area contributed by atoms with Gasteiger partial charge in [-0.05, 0) is 37.6 Å². The van der Waals surface area contributed by atoms with Crippen molar-refractivity contribution < 1.29 is 0 Å². The number of pyridine rings is 1. The number of hydrogen-bond donors (Lipinski definition) is 1. The Labute approximate surface area is 170 Å². The fourth-order valence-electron chi connectivity index (χ4n) is 3.96. The van der Waals surface area contributed by atoms with Gasteiger partial charge in [0.25, 0.3) is 0 Å². The average molecular weight is 394 g/mol. The smallest absolute Gasteiger partial charge is 0.130 e. The molecule has 28 heavy (non-hydrogen) atoms. The zero-order valence-electron chi connectivity index (χ0n) is 16.0. The molecular weight excluding hydrogens is 370 g/mol. The number of nitrogens with one attached hydrogen (secondary N) is 1. The highest BCUT2D eigenvalue weighted by atomic mass is 35.5. The molecule has 1 N–H and O–H groups in total. The van der Waals surface area contributed by atoms with Gasteiger partial charge in [0.2, 0.25) is 0 Å². The number of halogens is 1. The van der Waals surface area contributed by atoms with Crippen molar-refractivity contribution in [2.45, 2.75) is 25.3 Å². The standard InChI is InChI=1S/C22H24ClN5/c1-24-22-18(6-3-9-27-22)15-28-12-4-7-17(14-28)21-20(25-10-11-26-21)16-5-2-8-19(23)13-16/h2-3,5-6,8-11,13,17H,4,7,12,14-15H2,1H3,(H,24,27)/t17-/m1/s1. The molecule has 144 valence electrons. The van der Waals surface area contributed by atoms with Crippen LogP contribution in [0, 0.1) is 0 Å². The van der Waals surface area contributed by atoms with Crippen LogP contribution in [0.3, 0.4) is 0 Å². The molecular formula is C22H24ClN5. The summed E-state index contributed by atoms with van der Waals surface area (Å²) < 4.78 is 0. The highest BCUT2D eigenvalue weighted by Gasteiger charge is 2.26.